The zero-order chi connectivity index (χ0) is 24.9. The molecule has 7 nitrogen and oxygen atoms in total. The van der Waals surface area contributed by atoms with E-state index in [0.717, 1.165) is 51.6 Å². The molecule has 8 heteroatoms. The molecule has 3 rings (SSSR count). The van der Waals surface area contributed by atoms with Crippen molar-refractivity contribution in [2.45, 2.75) is 128 Å². The van der Waals surface area contributed by atoms with E-state index in [9.17, 15) is 9.59 Å². The molecular weight excluding hydrogens is 452 g/mol. The fraction of sp³-hybridized carbons (Fsp3) is 0.923. The molecule has 0 aromatic rings. The molecular formula is C26H46O7Si. The lowest BCUT2D eigenvalue weighted by molar-refractivity contribution is -0.198. The molecule has 0 spiro atoms. The first kappa shape index (κ1) is 27.6. The van der Waals surface area contributed by atoms with Crippen LogP contribution in [-0.4, -0.2) is 58.1 Å². The molecule has 34 heavy (non-hydrogen) atoms. The van der Waals surface area contributed by atoms with Crippen molar-refractivity contribution >= 4 is 20.3 Å². The fourth-order valence-corrected chi connectivity index (χ4v) is 6.20. The number of cyclic esters (lactones) is 1. The van der Waals surface area contributed by atoms with Crippen LogP contribution in [0.1, 0.15) is 85.5 Å². The summed E-state index contributed by atoms with van der Waals surface area (Å²) in [7, 11) is -1.97. The minimum absolute atomic E-state index is 0.0529. The van der Waals surface area contributed by atoms with Crippen molar-refractivity contribution in [3.8, 4) is 0 Å². The summed E-state index contributed by atoms with van der Waals surface area (Å²) in [6.45, 7) is 14.0. The Morgan fingerprint density at radius 3 is 2.44 bits per heavy atom. The quantitative estimate of drug-likeness (QED) is 0.312. The number of hydrogen-bond donors (Lipinski definition) is 0. The third-order valence-electron chi connectivity index (χ3n) is 8.22. The van der Waals surface area contributed by atoms with Crippen molar-refractivity contribution in [1.82, 2.24) is 0 Å². The summed E-state index contributed by atoms with van der Waals surface area (Å²) in [5, 5.41) is 0.107. The number of rotatable bonds is 9. The van der Waals surface area contributed by atoms with Crippen LogP contribution in [0.5, 0.6) is 0 Å². The van der Waals surface area contributed by atoms with Gasteiger partial charge in [0, 0.05) is 44.8 Å². The van der Waals surface area contributed by atoms with E-state index in [1.54, 1.807) is 0 Å². The first-order chi connectivity index (χ1) is 16.0. The summed E-state index contributed by atoms with van der Waals surface area (Å²) < 4.78 is 30.5. The van der Waals surface area contributed by atoms with Gasteiger partial charge in [0.15, 0.2) is 14.6 Å². The average molecular weight is 499 g/mol. The Balaban J connectivity index is 1.76. The van der Waals surface area contributed by atoms with Crippen molar-refractivity contribution < 1.29 is 33.0 Å². The molecule has 3 fully saturated rings. The minimum Gasteiger partial charge on any atom is -0.462 e. The lowest BCUT2D eigenvalue weighted by Gasteiger charge is -2.39. The van der Waals surface area contributed by atoms with Crippen molar-refractivity contribution in [3.05, 3.63) is 0 Å². The Bertz CT molecular complexity index is 683. The van der Waals surface area contributed by atoms with Gasteiger partial charge in [-0.25, -0.2) is 0 Å². The third-order valence-corrected chi connectivity index (χ3v) is 12.7. The molecule has 2 saturated heterocycles. The summed E-state index contributed by atoms with van der Waals surface area (Å²) in [4.78, 5) is 23.7. The van der Waals surface area contributed by atoms with E-state index >= 15 is 0 Å². The number of hydrogen-bond acceptors (Lipinski definition) is 7. The third kappa shape index (κ3) is 7.52. The predicted octanol–water partition coefficient (Wildman–Crippen LogP) is 5.36. The van der Waals surface area contributed by atoms with E-state index in [2.05, 4.69) is 33.9 Å². The highest BCUT2D eigenvalue weighted by molar-refractivity contribution is 6.74. The van der Waals surface area contributed by atoms with Crippen molar-refractivity contribution in [2.24, 2.45) is 11.8 Å². The maximum Gasteiger partial charge on any atom is 0.306 e. The molecule has 0 radical (unpaired) electrons. The van der Waals surface area contributed by atoms with E-state index in [1.165, 1.54) is 6.92 Å². The molecule has 0 N–H and O–H groups in total. The van der Waals surface area contributed by atoms with Gasteiger partial charge in [-0.05, 0) is 63.1 Å². The molecule has 1 saturated carbocycles. The molecule has 196 valence electrons. The van der Waals surface area contributed by atoms with Crippen molar-refractivity contribution in [1.29, 1.82) is 0 Å². The largest absolute Gasteiger partial charge is 0.462 e. The number of esters is 2. The normalized spacial score (nSPS) is 32.9. The molecule has 3 aliphatic rings. The van der Waals surface area contributed by atoms with Crippen molar-refractivity contribution in [3.63, 3.8) is 0 Å². The van der Waals surface area contributed by atoms with Crippen LogP contribution in [0.25, 0.3) is 0 Å². The van der Waals surface area contributed by atoms with Gasteiger partial charge in [0.2, 0.25) is 0 Å². The monoisotopic (exact) mass is 498 g/mol. The topological polar surface area (TPSA) is 80.3 Å². The highest BCUT2D eigenvalue weighted by Crippen LogP contribution is 2.43. The Hall–Kier alpha value is -0.963. The van der Waals surface area contributed by atoms with Gasteiger partial charge in [-0.3, -0.25) is 9.59 Å². The van der Waals surface area contributed by atoms with E-state index in [1.807, 2.05) is 0 Å². The van der Waals surface area contributed by atoms with Crippen LogP contribution in [-0.2, 0) is 33.0 Å². The van der Waals surface area contributed by atoms with Crippen LogP contribution in [0.2, 0.25) is 18.1 Å². The average Bonchev–Trinajstić information content (AvgIpc) is 3.05. The second kappa shape index (κ2) is 11.8. The minimum atomic E-state index is -1.97. The van der Waals surface area contributed by atoms with Gasteiger partial charge in [-0.15, -0.1) is 0 Å². The second-order valence-electron chi connectivity index (χ2n) is 11.8. The number of ether oxygens (including phenoxy) is 4. The number of carbonyl (C=O) groups is 2. The fourth-order valence-electron chi connectivity index (χ4n) is 5.16. The molecule has 0 aromatic heterocycles. The molecule has 2 unspecified atom stereocenters. The van der Waals surface area contributed by atoms with Crippen LogP contribution in [0.3, 0.4) is 0 Å². The van der Waals surface area contributed by atoms with E-state index in [-0.39, 0.29) is 53.4 Å². The molecule has 2 heterocycles. The van der Waals surface area contributed by atoms with E-state index in [0.29, 0.717) is 19.4 Å². The summed E-state index contributed by atoms with van der Waals surface area (Å²) in [6, 6.07) is 0. The van der Waals surface area contributed by atoms with Gasteiger partial charge in [0.25, 0.3) is 0 Å². The Morgan fingerprint density at radius 2 is 1.82 bits per heavy atom. The summed E-state index contributed by atoms with van der Waals surface area (Å²) >= 11 is 0. The highest BCUT2D eigenvalue weighted by atomic mass is 28.4. The Labute approximate surface area is 206 Å². The summed E-state index contributed by atoms with van der Waals surface area (Å²) in [6.07, 6.45) is 7.03. The zero-order valence-electron chi connectivity index (χ0n) is 22.1. The lowest BCUT2D eigenvalue weighted by atomic mass is 9.88. The van der Waals surface area contributed by atoms with Crippen LogP contribution < -0.4 is 0 Å². The van der Waals surface area contributed by atoms with Gasteiger partial charge >= 0.3 is 11.9 Å². The molecule has 0 bridgehead atoms. The molecule has 2 aliphatic heterocycles. The maximum atomic E-state index is 12.0. The Kier molecular flexibility index (Phi) is 9.63. The van der Waals surface area contributed by atoms with E-state index < -0.39 is 8.32 Å². The van der Waals surface area contributed by atoms with Crippen molar-refractivity contribution in [2.75, 3.05) is 13.2 Å². The lowest BCUT2D eigenvalue weighted by Crippen LogP contribution is -2.44. The standard InChI is InChI=1S/C26H46O7Si/c1-18(27)31-22-16-23(33-25-12-7-8-15-29-25)21(17-30-34(5,6)26(2,3)4)20(22)14-13-19-10-9-11-24(28)32-19/h19-23,25H,7-17H2,1-6H3/t19?,20-,21-,22+,23-,25?/m0/s1. The summed E-state index contributed by atoms with van der Waals surface area (Å²) in [5.41, 5.74) is 0. The predicted molar refractivity (Wildman–Crippen MR) is 132 cm³/mol. The molecule has 0 amide bonds. The van der Waals surface area contributed by atoms with E-state index in [4.69, 9.17) is 23.4 Å². The first-order valence-electron chi connectivity index (χ1n) is 13.2. The maximum absolute atomic E-state index is 12.0. The van der Waals surface area contributed by atoms with Gasteiger partial charge < -0.3 is 23.4 Å². The first-order valence-corrected chi connectivity index (χ1v) is 16.1. The van der Waals surface area contributed by atoms with Gasteiger partial charge in [0.05, 0.1) is 6.10 Å². The van der Waals surface area contributed by atoms with Gasteiger partial charge in [0.1, 0.15) is 12.2 Å². The molecule has 0 aromatic carbocycles. The Morgan fingerprint density at radius 1 is 1.06 bits per heavy atom. The smallest absolute Gasteiger partial charge is 0.306 e. The van der Waals surface area contributed by atoms with Crippen LogP contribution in [0.15, 0.2) is 0 Å². The van der Waals surface area contributed by atoms with Gasteiger partial charge in [-0.1, -0.05) is 20.8 Å². The summed E-state index contributed by atoms with van der Waals surface area (Å²) in [5.74, 6) is -0.170. The van der Waals surface area contributed by atoms with Crippen LogP contribution in [0.4, 0.5) is 0 Å². The number of carbonyl (C=O) groups excluding carboxylic acids is 2. The highest BCUT2D eigenvalue weighted by Gasteiger charge is 2.48. The molecule has 6 atom stereocenters. The zero-order valence-corrected chi connectivity index (χ0v) is 23.1. The van der Waals surface area contributed by atoms with Crippen LogP contribution >= 0.6 is 0 Å². The second-order valence-corrected chi connectivity index (χ2v) is 16.6. The SMILES string of the molecule is CC(=O)O[C@@H]1C[C@H](OC2CCCCO2)[C@@H](CO[Si](C)(C)C(C)(C)C)[C@@H]1CCC1CCCC(=O)O1. The van der Waals surface area contributed by atoms with Gasteiger partial charge in [-0.2, -0.15) is 0 Å². The van der Waals surface area contributed by atoms with Crippen LogP contribution in [0, 0.1) is 11.8 Å². The molecule has 1 aliphatic carbocycles.